The summed E-state index contributed by atoms with van der Waals surface area (Å²) in [5.74, 6) is -1.98. The van der Waals surface area contributed by atoms with Gasteiger partial charge in [-0.1, -0.05) is 51.5 Å². The number of benzene rings is 1. The molecule has 152 valence electrons. The first-order valence-electron chi connectivity index (χ1n) is 9.27. The maximum Gasteiger partial charge on any atom is 0.337 e. The summed E-state index contributed by atoms with van der Waals surface area (Å²) in [5, 5.41) is 29.3. The highest BCUT2D eigenvalue weighted by molar-refractivity contribution is 5.94. The predicted octanol–water partition coefficient (Wildman–Crippen LogP) is 2.08. The summed E-state index contributed by atoms with van der Waals surface area (Å²) in [5.41, 5.74) is 0.711. The summed E-state index contributed by atoms with van der Waals surface area (Å²) < 4.78 is 1.63. The highest BCUT2D eigenvalue weighted by atomic mass is 16.4. The number of aromatic nitrogens is 3. The Morgan fingerprint density at radius 1 is 1.14 bits per heavy atom. The lowest BCUT2D eigenvalue weighted by Crippen LogP contribution is -2.46. The molecule has 0 aliphatic rings. The summed E-state index contributed by atoms with van der Waals surface area (Å²) in [6.07, 6.45) is 1.35. The standard InChI is InChI=1S/C20H28N4O4/c1-6-7-15-16(17(25)21-12-20(5,28)18(26)27)22-23-24(15)14-10-8-13(9-11-14)19(2,3)4/h8-11,28H,6-7,12H2,1-5H3,(H,21,25)(H,26,27). The second-order valence-corrected chi connectivity index (χ2v) is 8.11. The lowest BCUT2D eigenvalue weighted by molar-refractivity contribution is -0.155. The number of carbonyl (C=O) groups excluding carboxylic acids is 1. The third-order valence-electron chi connectivity index (χ3n) is 4.50. The van der Waals surface area contributed by atoms with E-state index >= 15 is 0 Å². The first kappa shape index (κ1) is 21.6. The van der Waals surface area contributed by atoms with Crippen LogP contribution in [0.4, 0.5) is 0 Å². The number of carboxylic acids is 1. The number of amides is 1. The summed E-state index contributed by atoms with van der Waals surface area (Å²) in [6.45, 7) is 9.07. The van der Waals surface area contributed by atoms with Gasteiger partial charge in [0.2, 0.25) is 0 Å². The van der Waals surface area contributed by atoms with Crippen molar-refractivity contribution in [2.75, 3.05) is 6.54 Å². The summed E-state index contributed by atoms with van der Waals surface area (Å²) in [7, 11) is 0. The minimum atomic E-state index is -2.06. The van der Waals surface area contributed by atoms with Crippen LogP contribution in [-0.4, -0.2) is 49.2 Å². The van der Waals surface area contributed by atoms with E-state index in [-0.39, 0.29) is 11.1 Å². The first-order chi connectivity index (χ1) is 13.0. The second kappa shape index (κ2) is 8.10. The van der Waals surface area contributed by atoms with Crippen LogP contribution < -0.4 is 5.32 Å². The molecule has 0 saturated carbocycles. The fourth-order valence-corrected chi connectivity index (χ4v) is 2.66. The molecule has 0 bridgehead atoms. The summed E-state index contributed by atoms with van der Waals surface area (Å²) >= 11 is 0. The Morgan fingerprint density at radius 2 is 1.75 bits per heavy atom. The number of hydrogen-bond acceptors (Lipinski definition) is 5. The van der Waals surface area contributed by atoms with Gasteiger partial charge in [0.1, 0.15) is 0 Å². The van der Waals surface area contributed by atoms with Crippen LogP contribution in [0, 0.1) is 0 Å². The van der Waals surface area contributed by atoms with Crippen LogP contribution in [-0.2, 0) is 16.6 Å². The van der Waals surface area contributed by atoms with Gasteiger partial charge in [-0.05, 0) is 36.5 Å². The fourth-order valence-electron chi connectivity index (χ4n) is 2.66. The van der Waals surface area contributed by atoms with Crippen LogP contribution in [0.15, 0.2) is 24.3 Å². The Morgan fingerprint density at radius 3 is 2.25 bits per heavy atom. The highest BCUT2D eigenvalue weighted by Gasteiger charge is 2.31. The molecule has 28 heavy (non-hydrogen) atoms. The Hall–Kier alpha value is -2.74. The number of nitrogens with one attached hydrogen (secondary N) is 1. The topological polar surface area (TPSA) is 117 Å². The molecule has 1 amide bonds. The molecule has 1 unspecified atom stereocenters. The van der Waals surface area contributed by atoms with Gasteiger partial charge in [0.05, 0.1) is 17.9 Å². The van der Waals surface area contributed by atoms with Crippen LogP contribution in [0.1, 0.15) is 62.8 Å². The molecule has 0 fully saturated rings. The van der Waals surface area contributed by atoms with Gasteiger partial charge in [-0.15, -0.1) is 5.10 Å². The summed E-state index contributed by atoms with van der Waals surface area (Å²) in [4.78, 5) is 23.5. The van der Waals surface area contributed by atoms with Crippen molar-refractivity contribution in [2.24, 2.45) is 0 Å². The van der Waals surface area contributed by atoms with Gasteiger partial charge in [-0.3, -0.25) is 4.79 Å². The number of aliphatic hydroxyl groups is 1. The largest absolute Gasteiger partial charge is 0.479 e. The maximum absolute atomic E-state index is 12.5. The minimum Gasteiger partial charge on any atom is -0.479 e. The van der Waals surface area contributed by atoms with Crippen LogP contribution in [0.3, 0.4) is 0 Å². The van der Waals surface area contributed by atoms with E-state index in [0.29, 0.717) is 12.1 Å². The van der Waals surface area contributed by atoms with Gasteiger partial charge in [0.25, 0.3) is 5.91 Å². The molecule has 0 radical (unpaired) electrons. The van der Waals surface area contributed by atoms with Crippen LogP contribution in [0.2, 0.25) is 0 Å². The summed E-state index contributed by atoms with van der Waals surface area (Å²) in [6, 6.07) is 7.92. The van der Waals surface area contributed by atoms with E-state index in [1.54, 1.807) is 4.68 Å². The van der Waals surface area contributed by atoms with E-state index < -0.39 is 24.0 Å². The molecule has 2 aromatic rings. The van der Waals surface area contributed by atoms with Crippen molar-refractivity contribution < 1.29 is 19.8 Å². The lowest BCUT2D eigenvalue weighted by Gasteiger charge is -2.19. The third kappa shape index (κ3) is 4.75. The van der Waals surface area contributed by atoms with E-state index in [4.69, 9.17) is 5.11 Å². The monoisotopic (exact) mass is 388 g/mol. The van der Waals surface area contributed by atoms with Crippen molar-refractivity contribution in [1.29, 1.82) is 0 Å². The van der Waals surface area contributed by atoms with Gasteiger partial charge in [-0.25, -0.2) is 9.48 Å². The van der Waals surface area contributed by atoms with Crippen molar-refractivity contribution in [3.8, 4) is 5.69 Å². The molecule has 1 heterocycles. The number of carbonyl (C=O) groups is 2. The number of aliphatic carboxylic acids is 1. The van der Waals surface area contributed by atoms with E-state index in [2.05, 4.69) is 36.4 Å². The van der Waals surface area contributed by atoms with Gasteiger partial charge < -0.3 is 15.5 Å². The lowest BCUT2D eigenvalue weighted by atomic mass is 9.87. The van der Waals surface area contributed by atoms with Crippen LogP contribution in [0.25, 0.3) is 5.69 Å². The quantitative estimate of drug-likeness (QED) is 0.668. The predicted molar refractivity (Wildman–Crippen MR) is 105 cm³/mol. The second-order valence-electron chi connectivity index (χ2n) is 8.11. The van der Waals surface area contributed by atoms with Crippen LogP contribution in [0.5, 0.6) is 0 Å². The molecule has 3 N–H and O–H groups in total. The van der Waals surface area contributed by atoms with Crippen molar-refractivity contribution >= 4 is 11.9 Å². The van der Waals surface area contributed by atoms with Crippen molar-refractivity contribution in [2.45, 2.75) is 58.5 Å². The SMILES string of the molecule is CCCc1c(C(=O)NCC(C)(O)C(=O)O)nnn1-c1ccc(C(C)(C)C)cc1. The van der Waals surface area contributed by atoms with Crippen LogP contribution >= 0.6 is 0 Å². The van der Waals surface area contributed by atoms with Gasteiger partial charge >= 0.3 is 5.97 Å². The van der Waals surface area contributed by atoms with Crippen molar-refractivity contribution in [1.82, 2.24) is 20.3 Å². The Bertz CT molecular complexity index is 848. The number of rotatable bonds is 7. The van der Waals surface area contributed by atoms with Crippen molar-refractivity contribution in [3.05, 3.63) is 41.2 Å². The van der Waals surface area contributed by atoms with Gasteiger partial charge in [0.15, 0.2) is 11.3 Å². The average molecular weight is 388 g/mol. The van der Waals surface area contributed by atoms with E-state index in [1.165, 1.54) is 5.56 Å². The Labute approximate surface area is 164 Å². The van der Waals surface area contributed by atoms with Crippen molar-refractivity contribution in [3.63, 3.8) is 0 Å². The molecule has 8 heteroatoms. The molecule has 1 atom stereocenters. The van der Waals surface area contributed by atoms with E-state index in [0.717, 1.165) is 19.0 Å². The minimum absolute atomic E-state index is 0.0271. The third-order valence-corrected chi connectivity index (χ3v) is 4.50. The van der Waals surface area contributed by atoms with Gasteiger partial charge in [0, 0.05) is 0 Å². The molecular formula is C20H28N4O4. The number of hydrogen-bond donors (Lipinski definition) is 3. The molecule has 1 aromatic heterocycles. The molecule has 0 aliphatic heterocycles. The zero-order valence-corrected chi connectivity index (χ0v) is 17.0. The molecule has 8 nitrogen and oxygen atoms in total. The molecule has 0 aliphatic carbocycles. The fraction of sp³-hybridized carbons (Fsp3) is 0.500. The zero-order chi connectivity index (χ0) is 21.1. The smallest absolute Gasteiger partial charge is 0.337 e. The van der Waals surface area contributed by atoms with E-state index in [9.17, 15) is 14.7 Å². The number of nitrogens with zero attached hydrogens (tertiary/aromatic N) is 3. The normalized spacial score (nSPS) is 13.8. The average Bonchev–Trinajstić information content (AvgIpc) is 3.03. The molecule has 0 spiro atoms. The van der Waals surface area contributed by atoms with Gasteiger partial charge in [-0.2, -0.15) is 0 Å². The van der Waals surface area contributed by atoms with E-state index in [1.807, 2.05) is 31.2 Å². The zero-order valence-electron chi connectivity index (χ0n) is 17.0. The molecular weight excluding hydrogens is 360 g/mol. The highest BCUT2D eigenvalue weighted by Crippen LogP contribution is 2.24. The molecule has 0 saturated heterocycles. The molecule has 1 aromatic carbocycles. The molecule has 2 rings (SSSR count). The Kier molecular flexibility index (Phi) is 6.23. The Balaban J connectivity index is 2.30. The first-order valence-corrected chi connectivity index (χ1v) is 9.27. The maximum atomic E-state index is 12.5. The number of carboxylic acid groups (broad SMARTS) is 1.